The molecule has 0 saturated heterocycles. The van der Waals surface area contributed by atoms with Gasteiger partial charge in [-0.1, -0.05) is 12.1 Å². The summed E-state index contributed by atoms with van der Waals surface area (Å²) >= 11 is 0. The van der Waals surface area contributed by atoms with E-state index in [-0.39, 0.29) is 10.8 Å². The number of ether oxygens (including phenoxy) is 1. The number of sulfonamides is 1. The molecule has 0 bridgehead atoms. The molecule has 126 valence electrons. The number of nitrogens with zero attached hydrogens (tertiary/aromatic N) is 2. The van der Waals surface area contributed by atoms with E-state index in [0.717, 1.165) is 0 Å². The minimum Gasteiger partial charge on any atom is -0.492 e. The Labute approximate surface area is 138 Å². The van der Waals surface area contributed by atoms with Gasteiger partial charge in [0.15, 0.2) is 0 Å². The highest BCUT2D eigenvalue weighted by Crippen LogP contribution is 2.27. The molecule has 0 aliphatic heterocycles. The van der Waals surface area contributed by atoms with Gasteiger partial charge in [-0.25, -0.2) is 8.42 Å². The molecule has 2 heterocycles. The number of nitrogens with one attached hydrogen (secondary N) is 2. The van der Waals surface area contributed by atoms with Crippen molar-refractivity contribution >= 4 is 15.7 Å². The Hall–Kier alpha value is -2.81. The molecule has 0 radical (unpaired) electrons. The van der Waals surface area contributed by atoms with Crippen LogP contribution in [0.15, 0.2) is 45.8 Å². The van der Waals surface area contributed by atoms with E-state index < -0.39 is 10.0 Å². The van der Waals surface area contributed by atoms with E-state index >= 15 is 0 Å². The van der Waals surface area contributed by atoms with Crippen molar-refractivity contribution in [1.82, 2.24) is 15.2 Å². The molecule has 3 aromatic rings. The summed E-state index contributed by atoms with van der Waals surface area (Å²) in [6.45, 7) is 3.92. The predicted molar refractivity (Wildman–Crippen MR) is 87.2 cm³/mol. The highest BCUT2D eigenvalue weighted by atomic mass is 32.2. The van der Waals surface area contributed by atoms with Gasteiger partial charge in [0.05, 0.1) is 12.3 Å². The van der Waals surface area contributed by atoms with Gasteiger partial charge in [-0.05, 0) is 25.1 Å². The molecule has 0 saturated carbocycles. The van der Waals surface area contributed by atoms with E-state index in [1.54, 1.807) is 31.2 Å². The number of aryl methyl sites for hydroxylation is 1. The van der Waals surface area contributed by atoms with Gasteiger partial charge in [-0.2, -0.15) is 0 Å². The molecule has 0 aliphatic carbocycles. The number of anilines is 1. The van der Waals surface area contributed by atoms with Crippen molar-refractivity contribution in [1.29, 1.82) is 0 Å². The van der Waals surface area contributed by atoms with E-state index in [1.165, 1.54) is 12.3 Å². The Morgan fingerprint density at radius 3 is 2.79 bits per heavy atom. The third-order valence-corrected chi connectivity index (χ3v) is 4.50. The van der Waals surface area contributed by atoms with Gasteiger partial charge in [0, 0.05) is 13.1 Å². The van der Waals surface area contributed by atoms with Gasteiger partial charge in [0.2, 0.25) is 5.89 Å². The summed E-state index contributed by atoms with van der Waals surface area (Å²) in [7, 11) is -3.79. The van der Waals surface area contributed by atoms with Crippen LogP contribution in [-0.2, 0) is 10.0 Å². The first-order valence-electron chi connectivity index (χ1n) is 7.23. The molecule has 2 N–H and O–H groups in total. The van der Waals surface area contributed by atoms with Crippen LogP contribution in [-0.4, -0.2) is 30.2 Å². The van der Waals surface area contributed by atoms with Gasteiger partial charge in [-0.15, -0.1) is 10.2 Å². The lowest BCUT2D eigenvalue weighted by Crippen LogP contribution is -2.13. The van der Waals surface area contributed by atoms with Crippen molar-refractivity contribution in [3.05, 3.63) is 42.4 Å². The maximum Gasteiger partial charge on any atom is 0.264 e. The smallest absolute Gasteiger partial charge is 0.264 e. The average Bonchev–Trinajstić information content (AvgIpc) is 3.18. The number of aromatic amines is 1. The van der Waals surface area contributed by atoms with Crippen LogP contribution < -0.4 is 9.46 Å². The molecule has 0 aliphatic rings. The summed E-state index contributed by atoms with van der Waals surface area (Å²) in [6, 6.07) is 8.26. The van der Waals surface area contributed by atoms with Crippen LogP contribution in [0.4, 0.5) is 5.69 Å². The lowest BCUT2D eigenvalue weighted by atomic mass is 10.3. The van der Waals surface area contributed by atoms with Crippen LogP contribution in [0, 0.1) is 6.92 Å². The van der Waals surface area contributed by atoms with Gasteiger partial charge < -0.3 is 14.1 Å². The van der Waals surface area contributed by atoms with E-state index in [1.807, 2.05) is 6.92 Å². The van der Waals surface area contributed by atoms with Crippen molar-refractivity contribution in [3.8, 4) is 17.3 Å². The quantitative estimate of drug-likeness (QED) is 0.708. The fourth-order valence-corrected chi connectivity index (χ4v) is 3.16. The number of aromatic nitrogens is 3. The molecule has 0 spiro atoms. The summed E-state index contributed by atoms with van der Waals surface area (Å²) < 4.78 is 38.3. The second kappa shape index (κ2) is 6.36. The normalized spacial score (nSPS) is 11.4. The number of hydrogen-bond donors (Lipinski definition) is 2. The zero-order chi connectivity index (χ0) is 17.2. The Kier molecular flexibility index (Phi) is 4.26. The average molecular weight is 348 g/mol. The third-order valence-electron chi connectivity index (χ3n) is 3.15. The van der Waals surface area contributed by atoms with Crippen LogP contribution in [0.5, 0.6) is 5.75 Å². The second-order valence-electron chi connectivity index (χ2n) is 4.91. The zero-order valence-corrected chi connectivity index (χ0v) is 13.9. The molecule has 0 unspecified atom stereocenters. The van der Waals surface area contributed by atoms with Crippen LogP contribution in [0.2, 0.25) is 0 Å². The highest BCUT2D eigenvalue weighted by Gasteiger charge is 2.20. The lowest BCUT2D eigenvalue weighted by molar-refractivity contribution is 0.342. The van der Waals surface area contributed by atoms with Crippen LogP contribution in [0.3, 0.4) is 0 Å². The zero-order valence-electron chi connectivity index (χ0n) is 13.1. The number of para-hydroxylation sites is 2. The molecule has 3 rings (SSSR count). The van der Waals surface area contributed by atoms with Crippen molar-refractivity contribution < 1.29 is 17.6 Å². The lowest BCUT2D eigenvalue weighted by Gasteiger charge is -2.11. The molecule has 1 aromatic carbocycles. The fraction of sp³-hybridized carbons (Fsp3) is 0.200. The van der Waals surface area contributed by atoms with E-state index in [9.17, 15) is 8.42 Å². The third kappa shape index (κ3) is 3.25. The molecular weight excluding hydrogens is 332 g/mol. The van der Waals surface area contributed by atoms with Gasteiger partial charge in [0.25, 0.3) is 15.9 Å². The first kappa shape index (κ1) is 16.1. The number of rotatable bonds is 6. The first-order valence-corrected chi connectivity index (χ1v) is 8.71. The minimum atomic E-state index is -3.79. The van der Waals surface area contributed by atoms with E-state index in [2.05, 4.69) is 19.9 Å². The van der Waals surface area contributed by atoms with Crippen LogP contribution in [0.25, 0.3) is 11.6 Å². The second-order valence-corrected chi connectivity index (χ2v) is 6.59. The monoisotopic (exact) mass is 348 g/mol. The van der Waals surface area contributed by atoms with Crippen LogP contribution in [0.1, 0.15) is 12.8 Å². The fourth-order valence-electron chi connectivity index (χ4n) is 2.09. The molecule has 0 amide bonds. The summed E-state index contributed by atoms with van der Waals surface area (Å²) in [4.78, 5) is 2.88. The van der Waals surface area contributed by atoms with Crippen LogP contribution >= 0.6 is 0 Å². The summed E-state index contributed by atoms with van der Waals surface area (Å²) in [5.74, 6) is 1.09. The molecule has 24 heavy (non-hydrogen) atoms. The largest absolute Gasteiger partial charge is 0.492 e. The SMILES string of the molecule is CCOc1ccccc1NS(=O)(=O)c1c[nH]c(-c2nnc(C)o2)c1. The molecule has 2 aromatic heterocycles. The summed E-state index contributed by atoms with van der Waals surface area (Å²) in [6.07, 6.45) is 1.36. The van der Waals surface area contributed by atoms with Crippen molar-refractivity contribution in [2.45, 2.75) is 18.7 Å². The molecule has 8 nitrogen and oxygen atoms in total. The maximum absolute atomic E-state index is 12.6. The number of H-pyrrole nitrogens is 1. The number of benzene rings is 1. The standard InChI is InChI=1S/C15H16N4O4S/c1-3-22-14-7-5-4-6-12(14)19-24(20,21)11-8-13(16-9-11)15-18-17-10(2)23-15/h4-9,16,19H,3H2,1-2H3. The Morgan fingerprint density at radius 2 is 2.08 bits per heavy atom. The summed E-state index contributed by atoms with van der Waals surface area (Å²) in [5.41, 5.74) is 0.796. The Bertz CT molecular complexity index is 946. The Morgan fingerprint density at radius 1 is 1.29 bits per heavy atom. The molecular formula is C15H16N4O4S. The first-order chi connectivity index (χ1) is 11.5. The molecule has 0 fully saturated rings. The van der Waals surface area contributed by atoms with Crippen molar-refractivity contribution in [3.63, 3.8) is 0 Å². The number of hydrogen-bond acceptors (Lipinski definition) is 6. The maximum atomic E-state index is 12.6. The van der Waals surface area contributed by atoms with Crippen molar-refractivity contribution in [2.24, 2.45) is 0 Å². The molecule has 0 atom stereocenters. The molecule has 9 heteroatoms. The van der Waals surface area contributed by atoms with Gasteiger partial charge in [0.1, 0.15) is 16.3 Å². The van der Waals surface area contributed by atoms with Gasteiger partial charge in [-0.3, -0.25) is 4.72 Å². The highest BCUT2D eigenvalue weighted by molar-refractivity contribution is 7.92. The van der Waals surface area contributed by atoms with Crippen molar-refractivity contribution in [2.75, 3.05) is 11.3 Å². The topological polar surface area (TPSA) is 110 Å². The van der Waals surface area contributed by atoms with E-state index in [0.29, 0.717) is 29.6 Å². The van der Waals surface area contributed by atoms with Gasteiger partial charge >= 0.3 is 0 Å². The predicted octanol–water partition coefficient (Wildman–Crippen LogP) is 2.57. The van der Waals surface area contributed by atoms with E-state index in [4.69, 9.17) is 9.15 Å². The summed E-state index contributed by atoms with van der Waals surface area (Å²) in [5, 5.41) is 7.57. The minimum absolute atomic E-state index is 0.0552. The Balaban J connectivity index is 1.88.